The summed E-state index contributed by atoms with van der Waals surface area (Å²) in [5.41, 5.74) is 0.632. The minimum atomic E-state index is -0.456. The van der Waals surface area contributed by atoms with Crippen molar-refractivity contribution in [1.29, 1.82) is 0 Å². The predicted molar refractivity (Wildman–Crippen MR) is 94.9 cm³/mol. The molecule has 0 bridgehead atoms. The van der Waals surface area contributed by atoms with E-state index >= 15 is 0 Å². The molecular weight excluding hydrogens is 350 g/mol. The highest BCUT2D eigenvalue weighted by molar-refractivity contribution is 6.22. The molecule has 0 N–H and O–H groups in total. The van der Waals surface area contributed by atoms with Gasteiger partial charge in [0.15, 0.2) is 0 Å². The number of amides is 4. The van der Waals surface area contributed by atoms with Gasteiger partial charge >= 0.3 is 0 Å². The van der Waals surface area contributed by atoms with Crippen LogP contribution in [0.25, 0.3) is 0 Å². The van der Waals surface area contributed by atoms with Crippen LogP contribution in [-0.4, -0.2) is 76.8 Å². The number of piperazine rings is 1. The molecule has 4 amide bonds. The Balaban J connectivity index is 1.53. The fourth-order valence-corrected chi connectivity index (χ4v) is 3.26. The molecule has 8 heteroatoms. The van der Waals surface area contributed by atoms with Crippen molar-refractivity contribution in [1.82, 2.24) is 14.7 Å². The second-order valence-electron chi connectivity index (χ2n) is 6.71. The van der Waals surface area contributed by atoms with Crippen LogP contribution in [0.5, 0.6) is 0 Å². The molecule has 0 spiro atoms. The molecule has 1 fully saturated rings. The monoisotopic (exact) mass is 371 g/mol. The van der Waals surface area contributed by atoms with Gasteiger partial charge in [-0.2, -0.15) is 0 Å². The molecule has 0 saturated carbocycles. The van der Waals surface area contributed by atoms with E-state index in [0.717, 1.165) is 4.90 Å². The third-order valence-electron chi connectivity index (χ3n) is 4.85. The van der Waals surface area contributed by atoms with Crippen molar-refractivity contribution in [2.75, 3.05) is 32.7 Å². The van der Waals surface area contributed by atoms with Gasteiger partial charge in [-0.05, 0) is 19.1 Å². The molecule has 27 heavy (non-hydrogen) atoms. The molecule has 1 aromatic carbocycles. The average Bonchev–Trinajstić information content (AvgIpc) is 2.91. The van der Waals surface area contributed by atoms with Crippen LogP contribution in [0, 0.1) is 0 Å². The maximum Gasteiger partial charge on any atom is 0.262 e. The molecule has 0 aromatic heterocycles. The Kier molecular flexibility index (Phi) is 5.34. The zero-order valence-electron chi connectivity index (χ0n) is 15.1. The topological polar surface area (TPSA) is 95.1 Å². The zero-order chi connectivity index (χ0) is 19.6. The van der Waals surface area contributed by atoms with E-state index in [1.165, 1.54) is 6.92 Å². The Morgan fingerprint density at radius 3 is 1.78 bits per heavy atom. The number of hydrogen-bond donors (Lipinski definition) is 0. The lowest BCUT2D eigenvalue weighted by Crippen LogP contribution is -2.53. The van der Waals surface area contributed by atoms with Crippen LogP contribution in [0.4, 0.5) is 0 Å². The van der Waals surface area contributed by atoms with E-state index in [-0.39, 0.29) is 37.0 Å². The maximum absolute atomic E-state index is 12.5. The highest BCUT2D eigenvalue weighted by Crippen LogP contribution is 2.22. The quantitative estimate of drug-likeness (QED) is 0.695. The number of rotatable bonds is 5. The number of imide groups is 1. The second-order valence-corrected chi connectivity index (χ2v) is 6.71. The lowest BCUT2D eigenvalue weighted by molar-refractivity contribution is -0.140. The highest BCUT2D eigenvalue weighted by atomic mass is 16.2. The van der Waals surface area contributed by atoms with Gasteiger partial charge in [0, 0.05) is 39.0 Å². The Labute approximate surface area is 156 Å². The van der Waals surface area contributed by atoms with Crippen molar-refractivity contribution in [3.8, 4) is 0 Å². The molecule has 1 aromatic rings. The summed E-state index contributed by atoms with van der Waals surface area (Å²) in [6.07, 6.45) is 0.399. The number of benzene rings is 1. The van der Waals surface area contributed by atoms with E-state index in [9.17, 15) is 24.0 Å². The molecular formula is C19H21N3O5. The zero-order valence-corrected chi connectivity index (χ0v) is 15.1. The van der Waals surface area contributed by atoms with Gasteiger partial charge in [-0.1, -0.05) is 12.1 Å². The molecule has 0 aliphatic carbocycles. The van der Waals surface area contributed by atoms with E-state index in [2.05, 4.69) is 0 Å². The number of nitrogens with zero attached hydrogens (tertiary/aromatic N) is 3. The van der Waals surface area contributed by atoms with Crippen LogP contribution in [0.2, 0.25) is 0 Å². The molecule has 142 valence electrons. The number of carbonyl (C=O) groups excluding carboxylic acids is 5. The molecule has 0 unspecified atom stereocenters. The third-order valence-corrected chi connectivity index (χ3v) is 4.85. The van der Waals surface area contributed by atoms with Crippen molar-refractivity contribution in [3.63, 3.8) is 0 Å². The van der Waals surface area contributed by atoms with E-state index in [0.29, 0.717) is 37.3 Å². The van der Waals surface area contributed by atoms with Gasteiger partial charge in [0.05, 0.1) is 11.1 Å². The summed E-state index contributed by atoms with van der Waals surface area (Å²) in [4.78, 5) is 64.4. The van der Waals surface area contributed by atoms with E-state index in [1.807, 2.05) is 0 Å². The van der Waals surface area contributed by atoms with E-state index in [4.69, 9.17) is 0 Å². The van der Waals surface area contributed by atoms with Crippen molar-refractivity contribution in [3.05, 3.63) is 35.4 Å². The first-order valence-electron chi connectivity index (χ1n) is 8.88. The van der Waals surface area contributed by atoms with Crippen LogP contribution in [-0.2, 0) is 14.4 Å². The fraction of sp³-hybridized carbons (Fsp3) is 0.421. The first kappa shape index (κ1) is 18.8. The number of Topliss-reactive ketones (excluding diaryl/α,β-unsaturated/α-hetero) is 1. The standard InChI is InChI=1S/C19H21N3O5/c1-13(23)6-7-16(24)20-8-10-21(11-9-20)17(25)12-22-18(26)14-4-2-3-5-15(14)19(22)27/h2-5H,6-12H2,1H3. The van der Waals surface area contributed by atoms with Gasteiger partial charge < -0.3 is 14.6 Å². The Hall–Kier alpha value is -3.03. The number of carbonyl (C=O) groups is 5. The van der Waals surface area contributed by atoms with Crippen LogP contribution in [0.15, 0.2) is 24.3 Å². The fourth-order valence-electron chi connectivity index (χ4n) is 3.26. The van der Waals surface area contributed by atoms with Crippen LogP contribution < -0.4 is 0 Å². The SMILES string of the molecule is CC(=O)CCC(=O)N1CCN(C(=O)CN2C(=O)c3ccccc3C2=O)CC1. The first-order chi connectivity index (χ1) is 12.9. The summed E-state index contributed by atoms with van der Waals surface area (Å²) in [6.45, 7) is 2.59. The summed E-state index contributed by atoms with van der Waals surface area (Å²) in [6, 6.07) is 6.51. The summed E-state index contributed by atoms with van der Waals surface area (Å²) in [7, 11) is 0. The van der Waals surface area contributed by atoms with Crippen LogP contribution >= 0.6 is 0 Å². The van der Waals surface area contributed by atoms with Crippen LogP contribution in [0.1, 0.15) is 40.5 Å². The summed E-state index contributed by atoms with van der Waals surface area (Å²) < 4.78 is 0. The Bertz CT molecular complexity index is 776. The molecule has 0 radical (unpaired) electrons. The molecule has 0 atom stereocenters. The van der Waals surface area contributed by atoms with Crippen molar-refractivity contribution in [2.24, 2.45) is 0 Å². The lowest BCUT2D eigenvalue weighted by atomic mass is 10.1. The summed E-state index contributed by atoms with van der Waals surface area (Å²) in [5.74, 6) is -1.36. The van der Waals surface area contributed by atoms with Gasteiger partial charge in [0.2, 0.25) is 11.8 Å². The first-order valence-corrected chi connectivity index (χ1v) is 8.88. The van der Waals surface area contributed by atoms with Crippen molar-refractivity contribution in [2.45, 2.75) is 19.8 Å². The molecule has 2 aliphatic heterocycles. The number of fused-ring (bicyclic) bond motifs is 1. The van der Waals surface area contributed by atoms with Crippen LogP contribution in [0.3, 0.4) is 0 Å². The van der Waals surface area contributed by atoms with Crippen molar-refractivity contribution < 1.29 is 24.0 Å². The highest BCUT2D eigenvalue weighted by Gasteiger charge is 2.37. The van der Waals surface area contributed by atoms with Gasteiger partial charge in [-0.25, -0.2) is 0 Å². The summed E-state index contributed by atoms with van der Waals surface area (Å²) >= 11 is 0. The van der Waals surface area contributed by atoms with Crippen molar-refractivity contribution >= 4 is 29.4 Å². The number of hydrogen-bond acceptors (Lipinski definition) is 5. The van der Waals surface area contributed by atoms with Gasteiger partial charge in [-0.3, -0.25) is 24.1 Å². The molecule has 1 saturated heterocycles. The van der Waals surface area contributed by atoms with Gasteiger partial charge in [-0.15, -0.1) is 0 Å². The predicted octanol–water partition coefficient (Wildman–Crippen LogP) is 0.323. The number of ketones is 1. The third kappa shape index (κ3) is 3.89. The molecule has 2 aliphatic rings. The Morgan fingerprint density at radius 1 is 0.815 bits per heavy atom. The van der Waals surface area contributed by atoms with Gasteiger partial charge in [0.25, 0.3) is 11.8 Å². The van der Waals surface area contributed by atoms with E-state index in [1.54, 1.807) is 34.1 Å². The minimum absolute atomic E-state index is 0.0295. The van der Waals surface area contributed by atoms with E-state index < -0.39 is 11.8 Å². The average molecular weight is 371 g/mol. The molecule has 2 heterocycles. The lowest BCUT2D eigenvalue weighted by Gasteiger charge is -2.35. The Morgan fingerprint density at radius 2 is 1.30 bits per heavy atom. The maximum atomic E-state index is 12.5. The minimum Gasteiger partial charge on any atom is -0.339 e. The largest absolute Gasteiger partial charge is 0.339 e. The molecule has 8 nitrogen and oxygen atoms in total. The smallest absolute Gasteiger partial charge is 0.262 e. The normalized spacial score (nSPS) is 16.6. The summed E-state index contributed by atoms with van der Waals surface area (Å²) in [5, 5.41) is 0. The molecule has 3 rings (SSSR count). The van der Waals surface area contributed by atoms with Gasteiger partial charge in [0.1, 0.15) is 12.3 Å². The second kappa shape index (κ2) is 7.69.